The van der Waals surface area contributed by atoms with E-state index in [0.717, 1.165) is 0 Å². The predicted molar refractivity (Wildman–Crippen MR) is 58.5 cm³/mol. The molecule has 15 heavy (non-hydrogen) atoms. The van der Waals surface area contributed by atoms with Crippen LogP contribution in [0.2, 0.25) is 0 Å². The zero-order chi connectivity index (χ0) is 11.9. The molecule has 0 bridgehead atoms. The van der Waals surface area contributed by atoms with Crippen LogP contribution in [0, 0.1) is 0 Å². The van der Waals surface area contributed by atoms with Crippen LogP contribution < -0.4 is 4.74 Å². The van der Waals surface area contributed by atoms with Gasteiger partial charge in [0.1, 0.15) is 5.75 Å². The van der Waals surface area contributed by atoms with Crippen LogP contribution in [0.1, 0.15) is 33.3 Å². The van der Waals surface area contributed by atoms with Gasteiger partial charge in [-0.3, -0.25) is 0 Å². The van der Waals surface area contributed by atoms with Crippen LogP contribution in [0.15, 0.2) is 24.3 Å². The van der Waals surface area contributed by atoms with Gasteiger partial charge in [0.05, 0.1) is 5.56 Å². The molecule has 1 nitrogen and oxygen atoms in total. The molecule has 3 heteroatoms. The Morgan fingerprint density at radius 3 is 2.13 bits per heavy atom. The Balaban J connectivity index is 0.000000442. The van der Waals surface area contributed by atoms with Crippen LogP contribution >= 0.6 is 0 Å². The number of alkyl halides is 2. The molecular formula is C12H18F2O. The maximum absolute atomic E-state index is 12.8. The lowest BCUT2D eigenvalue weighted by atomic mass is 10.1. The van der Waals surface area contributed by atoms with Gasteiger partial charge in [-0.2, -0.15) is 8.78 Å². The highest BCUT2D eigenvalue weighted by Gasteiger charge is 2.40. The van der Waals surface area contributed by atoms with Crippen LogP contribution in [0.25, 0.3) is 0 Å². The predicted octanol–water partition coefficient (Wildman–Crippen LogP) is 4.22. The van der Waals surface area contributed by atoms with Crippen molar-refractivity contribution in [2.75, 3.05) is 6.61 Å². The van der Waals surface area contributed by atoms with Crippen molar-refractivity contribution >= 4 is 0 Å². The largest absolute Gasteiger partial charge is 0.486 e. The summed E-state index contributed by atoms with van der Waals surface area (Å²) in [6, 6.07) is 6.21. The topological polar surface area (TPSA) is 9.23 Å². The van der Waals surface area contributed by atoms with E-state index < -0.39 is 12.5 Å². The van der Waals surface area contributed by atoms with Gasteiger partial charge >= 0.3 is 5.92 Å². The number of hydrogen-bond donors (Lipinski definition) is 0. The first-order valence-corrected chi connectivity index (χ1v) is 5.30. The summed E-state index contributed by atoms with van der Waals surface area (Å²) in [6.07, 6.45) is 0. The van der Waals surface area contributed by atoms with E-state index in [4.69, 9.17) is 4.74 Å². The van der Waals surface area contributed by atoms with Crippen LogP contribution in [0.3, 0.4) is 0 Å². The molecule has 0 spiro atoms. The lowest BCUT2D eigenvalue weighted by Gasteiger charge is -2.04. The molecule has 0 saturated carbocycles. The minimum absolute atomic E-state index is 0.000000000000000444. The van der Waals surface area contributed by atoms with Crippen LogP contribution in [0.4, 0.5) is 8.78 Å². The molecule has 0 amide bonds. The fourth-order valence-electron chi connectivity index (χ4n) is 1.14. The van der Waals surface area contributed by atoms with E-state index in [1.54, 1.807) is 18.2 Å². The Hall–Kier alpha value is -1.12. The molecule has 86 valence electrons. The van der Waals surface area contributed by atoms with E-state index in [9.17, 15) is 8.78 Å². The van der Waals surface area contributed by atoms with Crippen molar-refractivity contribution in [3.8, 4) is 5.75 Å². The van der Waals surface area contributed by atoms with Gasteiger partial charge < -0.3 is 4.74 Å². The second kappa shape index (κ2) is 6.38. The molecule has 1 aliphatic rings. The lowest BCUT2D eigenvalue weighted by Crippen LogP contribution is -2.14. The third-order valence-electron chi connectivity index (χ3n) is 1.69. The van der Waals surface area contributed by atoms with Crippen molar-refractivity contribution in [2.24, 2.45) is 0 Å². The Morgan fingerprint density at radius 2 is 1.60 bits per heavy atom. The average Bonchev–Trinajstić information content (AvgIpc) is 2.62. The summed E-state index contributed by atoms with van der Waals surface area (Å²) >= 11 is 0. The van der Waals surface area contributed by atoms with Crippen molar-refractivity contribution in [2.45, 2.75) is 33.6 Å². The van der Waals surface area contributed by atoms with Crippen molar-refractivity contribution in [3.05, 3.63) is 29.8 Å². The van der Waals surface area contributed by atoms with Gasteiger partial charge in [-0.05, 0) is 12.1 Å². The van der Waals surface area contributed by atoms with Gasteiger partial charge in [0.2, 0.25) is 0 Å². The van der Waals surface area contributed by atoms with Gasteiger partial charge in [-0.15, -0.1) is 0 Å². The second-order valence-corrected chi connectivity index (χ2v) is 2.49. The Labute approximate surface area is 90.1 Å². The quantitative estimate of drug-likeness (QED) is 0.630. The molecule has 0 fully saturated rings. The first-order valence-electron chi connectivity index (χ1n) is 5.30. The van der Waals surface area contributed by atoms with Gasteiger partial charge in [-0.25, -0.2) is 0 Å². The Morgan fingerprint density at radius 1 is 1.07 bits per heavy atom. The number of hydrogen-bond acceptors (Lipinski definition) is 1. The van der Waals surface area contributed by atoms with Crippen molar-refractivity contribution < 1.29 is 13.5 Å². The molecule has 0 atom stereocenters. The summed E-state index contributed by atoms with van der Waals surface area (Å²) in [4.78, 5) is 0. The number of para-hydroxylation sites is 1. The van der Waals surface area contributed by atoms with E-state index in [1.807, 2.05) is 27.7 Å². The number of ether oxygens (including phenoxy) is 1. The van der Waals surface area contributed by atoms with E-state index in [0.29, 0.717) is 5.75 Å². The molecule has 0 radical (unpaired) electrons. The molecule has 1 aromatic carbocycles. The summed E-state index contributed by atoms with van der Waals surface area (Å²) in [6.45, 7) is 7.48. The first-order chi connectivity index (χ1) is 7.20. The molecule has 2 rings (SSSR count). The maximum Gasteiger partial charge on any atom is 0.310 e. The summed E-state index contributed by atoms with van der Waals surface area (Å²) in [5, 5.41) is 0. The zero-order valence-electron chi connectivity index (χ0n) is 9.68. The fraction of sp³-hybridized carbons (Fsp3) is 0.500. The van der Waals surface area contributed by atoms with Crippen LogP contribution in [-0.4, -0.2) is 6.61 Å². The third kappa shape index (κ3) is 3.18. The molecule has 0 aromatic heterocycles. The normalized spacial score (nSPS) is 14.8. The minimum Gasteiger partial charge on any atom is -0.486 e. The first kappa shape index (κ1) is 13.9. The summed E-state index contributed by atoms with van der Waals surface area (Å²) in [7, 11) is 0. The van der Waals surface area contributed by atoms with Gasteiger partial charge in [-0.1, -0.05) is 39.8 Å². The summed E-state index contributed by atoms with van der Waals surface area (Å²) < 4.78 is 30.4. The lowest BCUT2D eigenvalue weighted by molar-refractivity contribution is -0.0213. The highest BCUT2D eigenvalue weighted by atomic mass is 19.3. The Kier molecular flexibility index (Phi) is 5.90. The monoisotopic (exact) mass is 216 g/mol. The van der Waals surface area contributed by atoms with Crippen molar-refractivity contribution in [1.82, 2.24) is 0 Å². The molecule has 0 N–H and O–H groups in total. The molecule has 1 heterocycles. The van der Waals surface area contributed by atoms with Gasteiger partial charge in [0.15, 0.2) is 6.61 Å². The van der Waals surface area contributed by atoms with Gasteiger partial charge in [0.25, 0.3) is 0 Å². The van der Waals surface area contributed by atoms with Gasteiger partial charge in [0, 0.05) is 0 Å². The zero-order valence-corrected chi connectivity index (χ0v) is 9.68. The van der Waals surface area contributed by atoms with Crippen molar-refractivity contribution in [1.29, 1.82) is 0 Å². The SMILES string of the molecule is CC.CC.FC1(F)COc2ccccc21. The number of rotatable bonds is 0. The molecule has 1 aliphatic heterocycles. The summed E-state index contributed by atoms with van der Waals surface area (Å²) in [5.74, 6) is -2.49. The maximum atomic E-state index is 12.8. The van der Waals surface area contributed by atoms with Crippen LogP contribution in [0.5, 0.6) is 5.75 Å². The summed E-state index contributed by atoms with van der Waals surface area (Å²) in [5.41, 5.74) is 0.000000000000000444. The van der Waals surface area contributed by atoms with E-state index in [-0.39, 0.29) is 5.56 Å². The average molecular weight is 216 g/mol. The number of fused-ring (bicyclic) bond motifs is 1. The number of halogens is 2. The third-order valence-corrected chi connectivity index (χ3v) is 1.69. The highest BCUT2D eigenvalue weighted by molar-refractivity contribution is 5.39. The van der Waals surface area contributed by atoms with Crippen LogP contribution in [-0.2, 0) is 5.92 Å². The molecule has 0 aliphatic carbocycles. The minimum atomic E-state index is -2.80. The molecular weight excluding hydrogens is 198 g/mol. The fourth-order valence-corrected chi connectivity index (χ4v) is 1.14. The standard InChI is InChI=1S/C8H6F2O.2C2H6/c9-8(10)5-11-7-4-2-1-3-6(7)8;2*1-2/h1-4H,5H2;2*1-2H3. The van der Waals surface area contributed by atoms with E-state index in [1.165, 1.54) is 6.07 Å². The smallest absolute Gasteiger partial charge is 0.310 e. The molecule has 1 aromatic rings. The second-order valence-electron chi connectivity index (χ2n) is 2.49. The van der Waals surface area contributed by atoms with E-state index >= 15 is 0 Å². The Bertz CT molecular complexity index is 285. The molecule has 0 saturated heterocycles. The number of benzene rings is 1. The van der Waals surface area contributed by atoms with E-state index in [2.05, 4.69) is 0 Å². The molecule has 0 unspecified atom stereocenters. The highest BCUT2D eigenvalue weighted by Crippen LogP contribution is 2.40. The van der Waals surface area contributed by atoms with Crippen molar-refractivity contribution in [3.63, 3.8) is 0 Å².